The van der Waals surface area contributed by atoms with Gasteiger partial charge in [0, 0.05) is 6.20 Å². The van der Waals surface area contributed by atoms with Crippen molar-refractivity contribution in [3.8, 4) is 5.75 Å². The molecule has 0 aliphatic heterocycles. The van der Waals surface area contributed by atoms with Gasteiger partial charge in [-0.25, -0.2) is 4.98 Å². The number of hydrogen-bond donors (Lipinski definition) is 0. The Morgan fingerprint density at radius 1 is 1.32 bits per heavy atom. The summed E-state index contributed by atoms with van der Waals surface area (Å²) in [5.74, 6) is 1.49. The van der Waals surface area contributed by atoms with Crippen LogP contribution in [-0.4, -0.2) is 22.4 Å². The Bertz CT molecular complexity index is 615. The molecule has 0 unspecified atom stereocenters. The maximum atomic E-state index is 12.4. The largest absolute Gasteiger partial charge is 0.496 e. The molecule has 1 aromatic heterocycles. The number of aryl methyl sites for hydroxylation is 3. The molecule has 2 aromatic rings. The van der Waals surface area contributed by atoms with Crippen LogP contribution in [0.5, 0.6) is 5.75 Å². The molecular weight excluding hydrogens is 240 g/mol. The van der Waals surface area contributed by atoms with Crippen LogP contribution in [0.15, 0.2) is 24.4 Å². The monoisotopic (exact) mass is 258 g/mol. The van der Waals surface area contributed by atoms with Crippen LogP contribution in [0.3, 0.4) is 0 Å². The van der Waals surface area contributed by atoms with E-state index < -0.39 is 0 Å². The summed E-state index contributed by atoms with van der Waals surface area (Å²) in [4.78, 5) is 16.7. The van der Waals surface area contributed by atoms with Crippen molar-refractivity contribution in [3.05, 3.63) is 47.0 Å². The number of carbonyl (C=O) groups excluding carboxylic acids is 1. The first-order valence-corrected chi connectivity index (χ1v) is 6.19. The number of rotatable bonds is 4. The van der Waals surface area contributed by atoms with Crippen molar-refractivity contribution in [2.24, 2.45) is 0 Å². The molecule has 0 saturated carbocycles. The molecule has 0 aliphatic rings. The average molecular weight is 258 g/mol. The van der Waals surface area contributed by atoms with E-state index in [-0.39, 0.29) is 12.3 Å². The Morgan fingerprint density at radius 2 is 2.05 bits per heavy atom. The molecule has 0 saturated heterocycles. The number of carbonyl (C=O) groups is 1. The Morgan fingerprint density at radius 3 is 2.63 bits per heavy atom. The maximum Gasteiger partial charge on any atom is 0.186 e. The lowest BCUT2D eigenvalue weighted by atomic mass is 10.1. The van der Waals surface area contributed by atoms with E-state index in [1.807, 2.05) is 49.7 Å². The summed E-state index contributed by atoms with van der Waals surface area (Å²) < 4.78 is 7.11. The number of ether oxygens (including phenoxy) is 1. The van der Waals surface area contributed by atoms with E-state index in [2.05, 4.69) is 4.98 Å². The van der Waals surface area contributed by atoms with Crippen molar-refractivity contribution in [2.45, 2.75) is 27.3 Å². The summed E-state index contributed by atoms with van der Waals surface area (Å²) in [5.41, 5.74) is 2.58. The number of ketones is 1. The summed E-state index contributed by atoms with van der Waals surface area (Å²) in [6.45, 7) is 6.06. The predicted molar refractivity (Wildman–Crippen MR) is 73.8 cm³/mol. The van der Waals surface area contributed by atoms with Crippen molar-refractivity contribution in [1.29, 1.82) is 0 Å². The molecule has 0 amide bonds. The number of methoxy groups -OCH3 is 1. The lowest BCUT2D eigenvalue weighted by Gasteiger charge is -2.09. The number of benzene rings is 1. The number of aromatic nitrogens is 2. The Labute approximate surface area is 113 Å². The van der Waals surface area contributed by atoms with Crippen LogP contribution in [0.1, 0.15) is 27.4 Å². The molecule has 0 bridgehead atoms. The minimum absolute atomic E-state index is 0.0288. The van der Waals surface area contributed by atoms with Crippen LogP contribution in [0, 0.1) is 20.8 Å². The van der Waals surface area contributed by atoms with Crippen molar-refractivity contribution < 1.29 is 9.53 Å². The number of nitrogens with zero attached hydrogens (tertiary/aromatic N) is 2. The second-order valence-corrected chi connectivity index (χ2v) is 4.68. The van der Waals surface area contributed by atoms with Crippen LogP contribution < -0.4 is 4.74 Å². The van der Waals surface area contributed by atoms with Crippen LogP contribution in [0.4, 0.5) is 0 Å². The van der Waals surface area contributed by atoms with E-state index in [0.29, 0.717) is 11.3 Å². The van der Waals surface area contributed by atoms with Gasteiger partial charge < -0.3 is 9.30 Å². The molecular formula is C15H18N2O2. The second kappa shape index (κ2) is 5.26. The lowest BCUT2D eigenvalue weighted by Crippen LogP contribution is -2.12. The molecule has 4 nitrogen and oxygen atoms in total. The number of hydrogen-bond acceptors (Lipinski definition) is 3. The van der Waals surface area contributed by atoms with Gasteiger partial charge in [-0.05, 0) is 32.9 Å². The van der Waals surface area contributed by atoms with Gasteiger partial charge in [0.25, 0.3) is 0 Å². The molecule has 0 atom stereocenters. The first kappa shape index (κ1) is 13.3. The van der Waals surface area contributed by atoms with Gasteiger partial charge in [-0.3, -0.25) is 4.79 Å². The lowest BCUT2D eigenvalue weighted by molar-refractivity contribution is 0.0968. The highest BCUT2D eigenvalue weighted by Gasteiger charge is 2.14. The summed E-state index contributed by atoms with van der Waals surface area (Å²) in [7, 11) is 1.58. The fourth-order valence-electron chi connectivity index (χ4n) is 2.11. The van der Waals surface area contributed by atoms with E-state index in [9.17, 15) is 4.79 Å². The molecule has 2 rings (SSSR count). The second-order valence-electron chi connectivity index (χ2n) is 4.68. The van der Waals surface area contributed by atoms with Crippen molar-refractivity contribution >= 4 is 5.78 Å². The third-order valence-corrected chi connectivity index (χ3v) is 3.07. The smallest absolute Gasteiger partial charge is 0.186 e. The Hall–Kier alpha value is -2.10. The minimum atomic E-state index is 0.0288. The van der Waals surface area contributed by atoms with E-state index in [1.54, 1.807) is 7.11 Å². The van der Waals surface area contributed by atoms with Gasteiger partial charge in [-0.1, -0.05) is 11.6 Å². The molecule has 100 valence electrons. The summed E-state index contributed by atoms with van der Waals surface area (Å²) >= 11 is 0. The fraction of sp³-hybridized carbons (Fsp3) is 0.333. The van der Waals surface area contributed by atoms with Crippen LogP contribution in [0.2, 0.25) is 0 Å². The normalized spacial score (nSPS) is 10.5. The van der Waals surface area contributed by atoms with E-state index in [4.69, 9.17) is 4.74 Å². The molecule has 1 aromatic carbocycles. The van der Waals surface area contributed by atoms with Crippen molar-refractivity contribution in [2.75, 3.05) is 7.11 Å². The summed E-state index contributed by atoms with van der Waals surface area (Å²) in [6, 6.07) is 5.62. The summed E-state index contributed by atoms with van der Waals surface area (Å²) in [6.07, 6.45) is 1.88. The molecule has 19 heavy (non-hydrogen) atoms. The highest BCUT2D eigenvalue weighted by atomic mass is 16.5. The first-order chi connectivity index (χ1) is 9.01. The zero-order chi connectivity index (χ0) is 14.0. The van der Waals surface area contributed by atoms with Gasteiger partial charge >= 0.3 is 0 Å². The standard InChI is InChI=1S/C15H18N2O2/c1-10-5-6-15(19-4)13(7-10)14(18)9-17-8-11(2)16-12(17)3/h5-8H,9H2,1-4H3. The van der Waals surface area contributed by atoms with Gasteiger partial charge in [0.2, 0.25) is 0 Å². The quantitative estimate of drug-likeness (QED) is 0.792. The van der Waals surface area contributed by atoms with E-state index in [1.165, 1.54) is 0 Å². The van der Waals surface area contributed by atoms with Gasteiger partial charge in [-0.2, -0.15) is 0 Å². The number of imidazole rings is 1. The van der Waals surface area contributed by atoms with Crippen molar-refractivity contribution in [1.82, 2.24) is 9.55 Å². The van der Waals surface area contributed by atoms with Crippen LogP contribution in [-0.2, 0) is 6.54 Å². The third-order valence-electron chi connectivity index (χ3n) is 3.07. The Kier molecular flexibility index (Phi) is 3.69. The molecule has 0 N–H and O–H groups in total. The summed E-state index contributed by atoms with van der Waals surface area (Å²) in [5, 5.41) is 0. The highest BCUT2D eigenvalue weighted by molar-refractivity contribution is 5.98. The van der Waals surface area contributed by atoms with Gasteiger partial charge in [0.1, 0.15) is 11.6 Å². The highest BCUT2D eigenvalue weighted by Crippen LogP contribution is 2.21. The van der Waals surface area contributed by atoms with Crippen LogP contribution >= 0.6 is 0 Å². The SMILES string of the molecule is COc1ccc(C)cc1C(=O)Cn1cc(C)nc1C. The van der Waals surface area contributed by atoms with Gasteiger partial charge in [0.15, 0.2) is 5.78 Å². The number of Topliss-reactive ketones (excluding diaryl/α,β-unsaturated/α-hetero) is 1. The van der Waals surface area contributed by atoms with Gasteiger partial charge in [0.05, 0.1) is 24.9 Å². The molecule has 0 radical (unpaired) electrons. The topological polar surface area (TPSA) is 44.1 Å². The average Bonchev–Trinajstić information content (AvgIpc) is 2.67. The van der Waals surface area contributed by atoms with Crippen molar-refractivity contribution in [3.63, 3.8) is 0 Å². The van der Waals surface area contributed by atoms with Gasteiger partial charge in [-0.15, -0.1) is 0 Å². The minimum Gasteiger partial charge on any atom is -0.496 e. The van der Waals surface area contributed by atoms with E-state index in [0.717, 1.165) is 17.1 Å². The molecule has 0 aliphatic carbocycles. The zero-order valence-corrected chi connectivity index (χ0v) is 11.7. The Balaban J connectivity index is 2.29. The molecule has 0 spiro atoms. The zero-order valence-electron chi connectivity index (χ0n) is 11.7. The predicted octanol–water partition coefficient (Wildman–Crippen LogP) is 2.70. The fourth-order valence-corrected chi connectivity index (χ4v) is 2.11. The molecule has 0 fully saturated rings. The van der Waals surface area contributed by atoms with Crippen LogP contribution in [0.25, 0.3) is 0 Å². The third kappa shape index (κ3) is 2.84. The maximum absolute atomic E-state index is 12.4. The molecule has 4 heteroatoms. The molecule has 1 heterocycles. The van der Waals surface area contributed by atoms with E-state index >= 15 is 0 Å². The first-order valence-electron chi connectivity index (χ1n) is 6.19.